The highest BCUT2D eigenvalue weighted by molar-refractivity contribution is 5.05. The summed E-state index contributed by atoms with van der Waals surface area (Å²) in [7, 11) is 0. The molecule has 13 heavy (non-hydrogen) atoms. The van der Waals surface area contributed by atoms with E-state index in [0.717, 1.165) is 12.0 Å². The number of rotatable bonds is 5. The molecule has 0 aliphatic carbocycles. The Morgan fingerprint density at radius 1 is 1.38 bits per heavy atom. The average Bonchev–Trinajstić information content (AvgIpc) is 2.03. The third-order valence-corrected chi connectivity index (χ3v) is 2.06. The van der Waals surface area contributed by atoms with Crippen molar-refractivity contribution in [2.75, 3.05) is 6.61 Å². The maximum Gasteiger partial charge on any atom is 0.0838 e. The van der Waals surface area contributed by atoms with Gasteiger partial charge in [-0.25, -0.2) is 0 Å². The molecule has 0 aromatic rings. The summed E-state index contributed by atoms with van der Waals surface area (Å²) in [6.07, 6.45) is 2.12. The summed E-state index contributed by atoms with van der Waals surface area (Å²) < 4.78 is 0. The molecule has 2 nitrogen and oxygen atoms in total. The molecule has 2 atom stereocenters. The van der Waals surface area contributed by atoms with Gasteiger partial charge in [-0.1, -0.05) is 23.8 Å². The van der Waals surface area contributed by atoms with Crippen molar-refractivity contribution in [3.8, 4) is 0 Å². The van der Waals surface area contributed by atoms with Crippen molar-refractivity contribution in [1.82, 2.24) is 0 Å². The first-order valence-corrected chi connectivity index (χ1v) is 4.56. The molecule has 0 aromatic carbocycles. The van der Waals surface area contributed by atoms with E-state index in [2.05, 4.69) is 12.7 Å². The summed E-state index contributed by atoms with van der Waals surface area (Å²) in [5.74, 6) is -0.0279. The second-order valence-corrected chi connectivity index (χ2v) is 3.72. The quantitative estimate of drug-likeness (QED) is 0.640. The van der Waals surface area contributed by atoms with Crippen LogP contribution >= 0.6 is 0 Å². The maximum atomic E-state index is 9.46. The topological polar surface area (TPSA) is 40.5 Å². The zero-order valence-electron chi connectivity index (χ0n) is 8.75. The molecule has 0 rings (SSSR count). The van der Waals surface area contributed by atoms with Gasteiger partial charge in [-0.05, 0) is 27.2 Å². The van der Waals surface area contributed by atoms with Gasteiger partial charge in [0.2, 0.25) is 0 Å². The van der Waals surface area contributed by atoms with Crippen molar-refractivity contribution >= 4 is 0 Å². The monoisotopic (exact) mass is 184 g/mol. The molecule has 0 radical (unpaired) electrons. The molecule has 0 saturated heterocycles. The number of hydrogen-bond donors (Lipinski definition) is 2. The van der Waals surface area contributed by atoms with Crippen LogP contribution in [0.3, 0.4) is 0 Å². The Kier molecular flexibility index (Phi) is 5.67. The van der Waals surface area contributed by atoms with E-state index in [1.165, 1.54) is 5.57 Å². The molecule has 0 heterocycles. The van der Waals surface area contributed by atoms with Crippen LogP contribution in [0.25, 0.3) is 0 Å². The minimum atomic E-state index is -0.687. The lowest BCUT2D eigenvalue weighted by atomic mass is 9.91. The van der Waals surface area contributed by atoms with Gasteiger partial charge in [0.05, 0.1) is 12.7 Å². The van der Waals surface area contributed by atoms with Crippen LogP contribution in [-0.2, 0) is 0 Å². The van der Waals surface area contributed by atoms with Crippen molar-refractivity contribution in [2.24, 2.45) is 5.92 Å². The molecule has 2 N–H and O–H groups in total. The van der Waals surface area contributed by atoms with Gasteiger partial charge in [0.15, 0.2) is 0 Å². The highest BCUT2D eigenvalue weighted by Gasteiger charge is 2.17. The summed E-state index contributed by atoms with van der Waals surface area (Å²) >= 11 is 0. The first-order chi connectivity index (χ1) is 5.99. The molecule has 0 saturated carbocycles. The van der Waals surface area contributed by atoms with Gasteiger partial charge in [-0.15, -0.1) is 0 Å². The van der Waals surface area contributed by atoms with E-state index in [9.17, 15) is 5.11 Å². The van der Waals surface area contributed by atoms with Gasteiger partial charge in [0.1, 0.15) is 0 Å². The first-order valence-electron chi connectivity index (χ1n) is 4.56. The fourth-order valence-corrected chi connectivity index (χ4v) is 1.18. The van der Waals surface area contributed by atoms with Crippen LogP contribution in [0.4, 0.5) is 0 Å². The number of aliphatic hydroxyl groups is 2. The van der Waals surface area contributed by atoms with Crippen molar-refractivity contribution in [3.05, 3.63) is 23.8 Å². The summed E-state index contributed by atoms with van der Waals surface area (Å²) in [5, 5.41) is 18.3. The third kappa shape index (κ3) is 4.86. The fraction of sp³-hybridized carbons (Fsp3) is 0.636. The van der Waals surface area contributed by atoms with Crippen LogP contribution < -0.4 is 0 Å². The summed E-state index contributed by atoms with van der Waals surface area (Å²) in [6, 6.07) is 0. The lowest BCUT2D eigenvalue weighted by Crippen LogP contribution is -2.24. The Morgan fingerprint density at radius 3 is 2.23 bits per heavy atom. The van der Waals surface area contributed by atoms with Crippen LogP contribution in [0.2, 0.25) is 0 Å². The largest absolute Gasteiger partial charge is 0.394 e. The molecule has 0 amide bonds. The molecule has 2 heteroatoms. The lowest BCUT2D eigenvalue weighted by Gasteiger charge is -2.20. The van der Waals surface area contributed by atoms with E-state index in [-0.39, 0.29) is 12.5 Å². The van der Waals surface area contributed by atoms with Gasteiger partial charge in [0, 0.05) is 5.92 Å². The second-order valence-electron chi connectivity index (χ2n) is 3.72. The molecule has 0 aromatic heterocycles. The van der Waals surface area contributed by atoms with E-state index in [0.29, 0.717) is 0 Å². The minimum absolute atomic E-state index is 0.0279. The van der Waals surface area contributed by atoms with Crippen LogP contribution in [0.1, 0.15) is 27.2 Å². The van der Waals surface area contributed by atoms with E-state index in [1.54, 1.807) is 0 Å². The summed E-state index contributed by atoms with van der Waals surface area (Å²) in [6.45, 7) is 9.51. The molecule has 0 aliphatic rings. The smallest absolute Gasteiger partial charge is 0.0838 e. The molecule has 0 spiro atoms. The van der Waals surface area contributed by atoms with Crippen LogP contribution in [-0.4, -0.2) is 22.9 Å². The highest BCUT2D eigenvalue weighted by Crippen LogP contribution is 2.18. The standard InChI is InChI=1S/C11H20O2/c1-8(2)5-6-10(9(3)4)11(13)7-12/h5,10-13H,3,6-7H2,1-2,4H3/t10-,11-/m1/s1. The molecule has 0 unspecified atom stereocenters. The predicted octanol–water partition coefficient (Wildman–Crippen LogP) is 1.89. The van der Waals surface area contributed by atoms with E-state index in [4.69, 9.17) is 5.11 Å². The molecular formula is C11H20O2. The second kappa shape index (κ2) is 5.95. The van der Waals surface area contributed by atoms with E-state index < -0.39 is 6.10 Å². The molecule has 76 valence electrons. The van der Waals surface area contributed by atoms with Crippen LogP contribution in [0.15, 0.2) is 23.8 Å². The Hall–Kier alpha value is -0.600. The third-order valence-electron chi connectivity index (χ3n) is 2.06. The van der Waals surface area contributed by atoms with Gasteiger partial charge in [-0.3, -0.25) is 0 Å². The maximum absolute atomic E-state index is 9.46. The van der Waals surface area contributed by atoms with Crippen LogP contribution in [0, 0.1) is 5.92 Å². The number of allylic oxidation sites excluding steroid dienone is 2. The van der Waals surface area contributed by atoms with Crippen molar-refractivity contribution in [1.29, 1.82) is 0 Å². The predicted molar refractivity (Wildman–Crippen MR) is 55.4 cm³/mol. The van der Waals surface area contributed by atoms with Crippen molar-refractivity contribution in [2.45, 2.75) is 33.3 Å². The van der Waals surface area contributed by atoms with E-state index >= 15 is 0 Å². The Labute approximate surface area is 80.6 Å². The fourth-order valence-electron chi connectivity index (χ4n) is 1.18. The summed E-state index contributed by atoms with van der Waals surface area (Å²) in [5.41, 5.74) is 2.13. The highest BCUT2D eigenvalue weighted by atomic mass is 16.3. The van der Waals surface area contributed by atoms with Crippen LogP contribution in [0.5, 0.6) is 0 Å². The zero-order chi connectivity index (χ0) is 10.4. The van der Waals surface area contributed by atoms with Gasteiger partial charge in [-0.2, -0.15) is 0 Å². The Morgan fingerprint density at radius 2 is 1.92 bits per heavy atom. The Balaban J connectivity index is 4.27. The molecule has 0 fully saturated rings. The molecular weight excluding hydrogens is 164 g/mol. The first kappa shape index (κ1) is 12.4. The minimum Gasteiger partial charge on any atom is -0.394 e. The normalized spacial score (nSPS) is 14.8. The lowest BCUT2D eigenvalue weighted by molar-refractivity contribution is 0.0602. The van der Waals surface area contributed by atoms with Gasteiger partial charge in [0.25, 0.3) is 0 Å². The van der Waals surface area contributed by atoms with E-state index in [1.807, 2.05) is 20.8 Å². The Bertz CT molecular complexity index is 190. The SMILES string of the molecule is C=C(C)[C@@H](CC=C(C)C)[C@H](O)CO. The van der Waals surface area contributed by atoms with Crippen molar-refractivity contribution < 1.29 is 10.2 Å². The van der Waals surface area contributed by atoms with Gasteiger partial charge >= 0.3 is 0 Å². The molecule has 0 bridgehead atoms. The summed E-state index contributed by atoms with van der Waals surface area (Å²) in [4.78, 5) is 0. The van der Waals surface area contributed by atoms with Crippen molar-refractivity contribution in [3.63, 3.8) is 0 Å². The zero-order valence-corrected chi connectivity index (χ0v) is 8.75. The average molecular weight is 184 g/mol. The molecule has 0 aliphatic heterocycles. The number of hydrogen-bond acceptors (Lipinski definition) is 2. The van der Waals surface area contributed by atoms with Gasteiger partial charge < -0.3 is 10.2 Å². The number of aliphatic hydroxyl groups excluding tert-OH is 2.